The molecule has 0 saturated heterocycles. The number of urea groups is 1. The van der Waals surface area contributed by atoms with E-state index in [0.29, 0.717) is 14.1 Å². The van der Waals surface area contributed by atoms with Crippen LogP contribution in [0.1, 0.15) is 5.56 Å². The van der Waals surface area contributed by atoms with Crippen LogP contribution < -0.4 is 0 Å². The highest BCUT2D eigenvalue weighted by Crippen LogP contribution is 2.25. The molecule has 0 spiro atoms. The van der Waals surface area contributed by atoms with Crippen molar-refractivity contribution in [3.8, 4) is 0 Å². The van der Waals surface area contributed by atoms with E-state index in [9.17, 15) is 17.4 Å². The average Bonchev–Trinajstić information content (AvgIpc) is 2.74. The number of hydrogen-bond acceptors (Lipinski definition) is 4. The highest BCUT2D eigenvalue weighted by Gasteiger charge is 2.28. The number of rotatable bonds is 4. The third-order valence-corrected chi connectivity index (χ3v) is 8.26. The summed E-state index contributed by atoms with van der Waals surface area (Å²) in [5.41, 5.74) is 0.888. The van der Waals surface area contributed by atoms with E-state index in [1.165, 1.54) is 12.1 Å². The maximum absolute atomic E-state index is 13.8. The molecule has 2 amide bonds. The summed E-state index contributed by atoms with van der Waals surface area (Å²) in [5.74, 6) is 0. The van der Waals surface area contributed by atoms with Crippen molar-refractivity contribution in [1.82, 2.24) is 4.31 Å². The summed E-state index contributed by atoms with van der Waals surface area (Å²) in [7, 11) is -6.39. The first-order valence-electron chi connectivity index (χ1n) is 8.72. The zero-order valence-electron chi connectivity index (χ0n) is 15.9. The fourth-order valence-electron chi connectivity index (χ4n) is 2.59. The van der Waals surface area contributed by atoms with Crippen molar-refractivity contribution in [2.75, 3.05) is 7.05 Å². The molecule has 6 nitrogen and oxygen atoms in total. The molecule has 3 aromatic carbocycles. The molecule has 0 aromatic heterocycles. The molecule has 0 aliphatic carbocycles. The number of hydrogen-bond donors (Lipinski definition) is 0. The first-order valence-corrected chi connectivity index (χ1v) is 11.7. The van der Waals surface area contributed by atoms with Gasteiger partial charge >= 0.3 is 6.03 Å². The Morgan fingerprint density at radius 3 is 1.62 bits per heavy atom. The molecule has 29 heavy (non-hydrogen) atoms. The Kier molecular flexibility index (Phi) is 5.86. The highest BCUT2D eigenvalue weighted by molar-refractivity contribution is 7.94. The van der Waals surface area contributed by atoms with Gasteiger partial charge in [0.1, 0.15) is 9.73 Å². The summed E-state index contributed by atoms with van der Waals surface area (Å²) >= 11 is 0. The summed E-state index contributed by atoms with van der Waals surface area (Å²) in [6.07, 6.45) is 0. The fraction of sp³-hybridized carbons (Fsp3) is 0.0952. The Morgan fingerprint density at radius 2 is 1.17 bits per heavy atom. The Labute approximate surface area is 171 Å². The molecule has 0 bridgehead atoms. The Bertz CT molecular complexity index is 1190. The van der Waals surface area contributed by atoms with Gasteiger partial charge in [-0.15, -0.1) is 4.36 Å². The largest absolute Gasteiger partial charge is 0.365 e. The SMILES string of the molecule is Cc1ccc(S(=O)(=O)N(C)C(=O)N=S(=O)(c2ccccc2)c2ccccc2)cc1. The molecule has 150 valence electrons. The van der Waals surface area contributed by atoms with Gasteiger partial charge in [-0.1, -0.05) is 54.1 Å². The van der Waals surface area contributed by atoms with Crippen LogP contribution in [0.15, 0.2) is 104 Å². The van der Waals surface area contributed by atoms with Gasteiger partial charge in [0.15, 0.2) is 0 Å². The Morgan fingerprint density at radius 1 is 0.724 bits per heavy atom. The minimum atomic E-state index is -4.13. The molecule has 8 heteroatoms. The normalized spacial score (nSPS) is 11.7. The van der Waals surface area contributed by atoms with E-state index in [1.54, 1.807) is 72.8 Å². The maximum atomic E-state index is 13.8. The minimum absolute atomic E-state index is 0.0416. The quantitative estimate of drug-likeness (QED) is 0.619. The topological polar surface area (TPSA) is 83.9 Å². The lowest BCUT2D eigenvalue weighted by Gasteiger charge is -2.17. The first kappa shape index (κ1) is 20.8. The monoisotopic (exact) mass is 428 g/mol. The second-order valence-electron chi connectivity index (χ2n) is 6.31. The van der Waals surface area contributed by atoms with Gasteiger partial charge in [0.2, 0.25) is 0 Å². The lowest BCUT2D eigenvalue weighted by molar-refractivity contribution is 0.238. The predicted molar refractivity (Wildman–Crippen MR) is 112 cm³/mol. The van der Waals surface area contributed by atoms with Crippen molar-refractivity contribution < 1.29 is 17.4 Å². The molecule has 0 radical (unpaired) electrons. The van der Waals surface area contributed by atoms with Gasteiger partial charge < -0.3 is 0 Å². The minimum Gasteiger partial charge on any atom is -0.244 e. The Balaban J connectivity index is 2.10. The molecule has 0 N–H and O–H groups in total. The van der Waals surface area contributed by atoms with Crippen molar-refractivity contribution in [2.45, 2.75) is 21.6 Å². The smallest absolute Gasteiger partial charge is 0.244 e. The standard InChI is InChI=1S/C21H20N2O4S2/c1-17-13-15-20(16-14-17)29(26,27)23(2)21(24)22-28(25,18-9-5-3-6-10-18)19-11-7-4-8-12-19/h3-16H,1-2H3. The van der Waals surface area contributed by atoms with E-state index in [4.69, 9.17) is 0 Å². The molecule has 3 aromatic rings. The first-order chi connectivity index (χ1) is 13.7. The van der Waals surface area contributed by atoms with Crippen LogP contribution in [0.3, 0.4) is 0 Å². The number of sulfonamides is 1. The van der Waals surface area contributed by atoms with E-state index in [2.05, 4.69) is 4.36 Å². The molecule has 0 heterocycles. The van der Waals surface area contributed by atoms with Crippen LogP contribution in [-0.2, 0) is 19.8 Å². The van der Waals surface area contributed by atoms with Crippen LogP contribution in [0.4, 0.5) is 4.79 Å². The van der Waals surface area contributed by atoms with Crippen LogP contribution >= 0.6 is 0 Å². The maximum Gasteiger partial charge on any atom is 0.365 e. The number of aryl methyl sites for hydroxylation is 1. The van der Waals surface area contributed by atoms with Crippen LogP contribution in [0, 0.1) is 6.92 Å². The van der Waals surface area contributed by atoms with Crippen molar-refractivity contribution in [1.29, 1.82) is 0 Å². The van der Waals surface area contributed by atoms with Gasteiger partial charge in [0, 0.05) is 7.05 Å². The summed E-state index contributed by atoms with van der Waals surface area (Å²) in [6.45, 7) is 1.83. The lowest BCUT2D eigenvalue weighted by atomic mass is 10.2. The summed E-state index contributed by atoms with van der Waals surface area (Å²) in [4.78, 5) is 13.4. The summed E-state index contributed by atoms with van der Waals surface area (Å²) in [6, 6.07) is 21.6. The number of amides is 2. The van der Waals surface area contributed by atoms with Gasteiger partial charge in [0.05, 0.1) is 14.7 Å². The van der Waals surface area contributed by atoms with Gasteiger partial charge in [-0.2, -0.15) is 0 Å². The second kappa shape index (κ2) is 8.18. The van der Waals surface area contributed by atoms with Crippen molar-refractivity contribution in [2.24, 2.45) is 4.36 Å². The highest BCUT2D eigenvalue weighted by atomic mass is 32.2. The molecule has 0 atom stereocenters. The molecule has 0 aliphatic heterocycles. The third-order valence-electron chi connectivity index (χ3n) is 4.28. The third kappa shape index (κ3) is 4.23. The summed E-state index contributed by atoms with van der Waals surface area (Å²) < 4.78 is 43.8. The van der Waals surface area contributed by atoms with Crippen LogP contribution in [0.2, 0.25) is 0 Å². The molecule has 0 fully saturated rings. The molecular formula is C21H20N2O4S2. The predicted octanol–water partition coefficient (Wildman–Crippen LogP) is 4.32. The number of carbonyl (C=O) groups excluding carboxylic acids is 1. The number of nitrogens with zero attached hydrogens (tertiary/aromatic N) is 2. The van der Waals surface area contributed by atoms with E-state index < -0.39 is 25.8 Å². The molecule has 3 rings (SSSR count). The zero-order chi connectivity index (χ0) is 21.1. The van der Waals surface area contributed by atoms with Crippen molar-refractivity contribution in [3.63, 3.8) is 0 Å². The van der Waals surface area contributed by atoms with E-state index >= 15 is 0 Å². The van der Waals surface area contributed by atoms with E-state index in [0.717, 1.165) is 12.6 Å². The lowest BCUT2D eigenvalue weighted by Crippen LogP contribution is -2.31. The zero-order valence-corrected chi connectivity index (χ0v) is 17.6. The van der Waals surface area contributed by atoms with Gasteiger partial charge in [-0.3, -0.25) is 0 Å². The van der Waals surface area contributed by atoms with Crippen molar-refractivity contribution in [3.05, 3.63) is 90.5 Å². The Hall–Kier alpha value is -2.97. The molecular weight excluding hydrogens is 408 g/mol. The molecule has 0 unspecified atom stereocenters. The fourth-order valence-corrected chi connectivity index (χ4v) is 5.56. The summed E-state index contributed by atoms with van der Waals surface area (Å²) in [5, 5.41) is 0. The molecule has 0 saturated carbocycles. The second-order valence-corrected chi connectivity index (χ2v) is 10.5. The van der Waals surface area contributed by atoms with E-state index in [-0.39, 0.29) is 4.90 Å². The van der Waals surface area contributed by atoms with Crippen molar-refractivity contribution >= 4 is 25.8 Å². The van der Waals surface area contributed by atoms with Crippen LogP contribution in [0.25, 0.3) is 0 Å². The molecule has 0 aliphatic rings. The number of benzene rings is 3. The average molecular weight is 429 g/mol. The number of carbonyl (C=O) groups is 1. The van der Waals surface area contributed by atoms with Crippen LogP contribution in [-0.4, -0.2) is 30.0 Å². The van der Waals surface area contributed by atoms with Crippen LogP contribution in [0.5, 0.6) is 0 Å². The van der Waals surface area contributed by atoms with Gasteiger partial charge in [-0.25, -0.2) is 21.7 Å². The van der Waals surface area contributed by atoms with Gasteiger partial charge in [0.25, 0.3) is 10.0 Å². The van der Waals surface area contributed by atoms with E-state index in [1.807, 2.05) is 6.92 Å². The van der Waals surface area contributed by atoms with Gasteiger partial charge in [-0.05, 0) is 43.3 Å².